The first kappa shape index (κ1) is 18.2. The maximum atomic E-state index is 6.08. The first-order valence-corrected chi connectivity index (χ1v) is 9.59. The second kappa shape index (κ2) is 7.33. The van der Waals surface area contributed by atoms with Crippen molar-refractivity contribution < 1.29 is 9.47 Å². The lowest BCUT2D eigenvalue weighted by Crippen LogP contribution is -2.45. The van der Waals surface area contributed by atoms with Crippen LogP contribution in [-0.4, -0.2) is 11.3 Å². The Morgan fingerprint density at radius 1 is 1.28 bits per heavy atom. The standard InChI is InChI=1S/C22H28O2S/c1-15(2)17-10-11-18-12-13-20(16(3)22(18,4)14-17)24-21(25)23-19-8-6-5-7-9-19/h5-9,11,16-17,20H,1,10,12-14H2,2-4H3/t16-,17+,20?,22+/m0/s1. The van der Waals surface area contributed by atoms with Crippen LogP contribution in [0.4, 0.5) is 0 Å². The fourth-order valence-electron chi connectivity index (χ4n) is 4.34. The molecule has 0 N–H and O–H groups in total. The minimum atomic E-state index is 0.0993. The first-order chi connectivity index (χ1) is 11.9. The summed E-state index contributed by atoms with van der Waals surface area (Å²) in [5.41, 5.74) is 3.04. The number of thiocarbonyl (C=S) groups is 1. The van der Waals surface area contributed by atoms with E-state index >= 15 is 0 Å². The van der Waals surface area contributed by atoms with Gasteiger partial charge in [0.05, 0.1) is 0 Å². The van der Waals surface area contributed by atoms with Crippen LogP contribution in [0.15, 0.2) is 54.1 Å². The number of rotatable bonds is 3. The zero-order chi connectivity index (χ0) is 18.0. The Bertz CT molecular complexity index is 679. The van der Waals surface area contributed by atoms with Crippen LogP contribution in [0.5, 0.6) is 5.75 Å². The summed E-state index contributed by atoms with van der Waals surface area (Å²) in [4.78, 5) is 0. The van der Waals surface area contributed by atoms with Gasteiger partial charge < -0.3 is 9.47 Å². The lowest BCUT2D eigenvalue weighted by molar-refractivity contribution is 0.0104. The van der Waals surface area contributed by atoms with E-state index in [1.807, 2.05) is 30.3 Å². The Labute approximate surface area is 156 Å². The van der Waals surface area contributed by atoms with Crippen LogP contribution in [-0.2, 0) is 4.74 Å². The molecule has 0 spiro atoms. The number of hydrogen-bond acceptors (Lipinski definition) is 3. The smallest absolute Gasteiger partial charge is 0.358 e. The van der Waals surface area contributed by atoms with Crippen molar-refractivity contribution in [3.63, 3.8) is 0 Å². The minimum Gasteiger partial charge on any atom is -0.453 e. The quantitative estimate of drug-likeness (QED) is 0.483. The molecule has 0 aliphatic heterocycles. The molecule has 0 bridgehead atoms. The van der Waals surface area contributed by atoms with E-state index in [0.717, 1.165) is 31.4 Å². The Kier molecular flexibility index (Phi) is 5.33. The summed E-state index contributed by atoms with van der Waals surface area (Å²) in [7, 11) is 0. The van der Waals surface area contributed by atoms with Gasteiger partial charge in [0.2, 0.25) is 0 Å². The van der Waals surface area contributed by atoms with Crippen LogP contribution in [0.25, 0.3) is 0 Å². The monoisotopic (exact) mass is 356 g/mol. The van der Waals surface area contributed by atoms with Crippen molar-refractivity contribution in [2.45, 2.75) is 52.6 Å². The molecular formula is C22H28O2S. The molecule has 2 aliphatic carbocycles. The SMILES string of the molecule is C=C(C)[C@@H]1CC=C2CCC(OC(=S)Oc3ccccc3)[C@H](C)[C@@]2(C)C1. The fraction of sp³-hybridized carbons (Fsp3) is 0.500. The van der Waals surface area contributed by atoms with Crippen LogP contribution >= 0.6 is 12.2 Å². The van der Waals surface area contributed by atoms with Gasteiger partial charge in [-0.3, -0.25) is 0 Å². The third kappa shape index (κ3) is 3.82. The predicted molar refractivity (Wildman–Crippen MR) is 107 cm³/mol. The highest BCUT2D eigenvalue weighted by Crippen LogP contribution is 2.53. The largest absolute Gasteiger partial charge is 0.453 e. The molecule has 2 nitrogen and oxygen atoms in total. The van der Waals surface area contributed by atoms with Gasteiger partial charge in [-0.1, -0.05) is 55.8 Å². The highest BCUT2D eigenvalue weighted by Gasteiger charge is 2.46. The maximum Gasteiger partial charge on any atom is 0.358 e. The molecule has 1 aromatic carbocycles. The van der Waals surface area contributed by atoms with E-state index in [1.165, 1.54) is 5.57 Å². The summed E-state index contributed by atoms with van der Waals surface area (Å²) in [6.45, 7) is 11.0. The summed E-state index contributed by atoms with van der Waals surface area (Å²) >= 11 is 5.34. The average Bonchev–Trinajstić information content (AvgIpc) is 2.58. The Balaban J connectivity index is 1.68. The number of para-hydroxylation sites is 1. The molecule has 1 aromatic rings. The van der Waals surface area contributed by atoms with Crippen LogP contribution < -0.4 is 4.74 Å². The molecule has 3 rings (SSSR count). The van der Waals surface area contributed by atoms with Gasteiger partial charge in [0.1, 0.15) is 11.9 Å². The summed E-state index contributed by atoms with van der Waals surface area (Å²) in [5.74, 6) is 1.69. The van der Waals surface area contributed by atoms with Crippen molar-refractivity contribution in [2.24, 2.45) is 17.3 Å². The molecular weight excluding hydrogens is 328 g/mol. The molecule has 1 unspecified atom stereocenters. The Morgan fingerprint density at radius 2 is 2.00 bits per heavy atom. The maximum absolute atomic E-state index is 6.08. The summed E-state index contributed by atoms with van der Waals surface area (Å²) in [6, 6.07) is 9.59. The highest BCUT2D eigenvalue weighted by atomic mass is 32.1. The third-order valence-corrected chi connectivity index (χ3v) is 6.38. The number of fused-ring (bicyclic) bond motifs is 1. The van der Waals surface area contributed by atoms with Crippen molar-refractivity contribution in [1.29, 1.82) is 0 Å². The fourth-order valence-corrected chi connectivity index (χ4v) is 4.56. The van der Waals surface area contributed by atoms with E-state index in [9.17, 15) is 0 Å². The number of hydrogen-bond donors (Lipinski definition) is 0. The van der Waals surface area contributed by atoms with Gasteiger partial charge in [0.25, 0.3) is 0 Å². The van der Waals surface area contributed by atoms with E-state index in [-0.39, 0.29) is 16.8 Å². The van der Waals surface area contributed by atoms with Crippen molar-refractivity contribution in [2.75, 3.05) is 0 Å². The number of ether oxygens (including phenoxy) is 2. The summed E-state index contributed by atoms with van der Waals surface area (Å²) in [5, 5.41) is 0.228. The zero-order valence-corrected chi connectivity index (χ0v) is 16.3. The Morgan fingerprint density at radius 3 is 2.68 bits per heavy atom. The molecule has 2 aliphatic rings. The Hall–Kier alpha value is -1.61. The third-order valence-electron chi connectivity index (χ3n) is 6.20. The van der Waals surface area contributed by atoms with Crippen molar-refractivity contribution >= 4 is 17.5 Å². The van der Waals surface area contributed by atoms with Gasteiger partial charge in [-0.25, -0.2) is 0 Å². The molecule has 25 heavy (non-hydrogen) atoms. The molecule has 1 fully saturated rings. The topological polar surface area (TPSA) is 18.5 Å². The molecule has 134 valence electrons. The van der Waals surface area contributed by atoms with E-state index in [0.29, 0.717) is 11.8 Å². The van der Waals surface area contributed by atoms with E-state index in [4.69, 9.17) is 21.7 Å². The number of allylic oxidation sites excluding steroid dienone is 3. The van der Waals surface area contributed by atoms with E-state index in [2.05, 4.69) is 33.4 Å². The van der Waals surface area contributed by atoms with E-state index < -0.39 is 0 Å². The van der Waals surface area contributed by atoms with Gasteiger partial charge in [-0.05, 0) is 56.1 Å². The minimum absolute atomic E-state index is 0.0993. The van der Waals surface area contributed by atoms with Gasteiger partial charge in [0.15, 0.2) is 0 Å². The summed E-state index contributed by atoms with van der Waals surface area (Å²) < 4.78 is 11.8. The molecule has 3 heteroatoms. The van der Waals surface area contributed by atoms with Crippen LogP contribution in [0.2, 0.25) is 0 Å². The molecule has 0 aromatic heterocycles. The lowest BCUT2D eigenvalue weighted by Gasteiger charge is -2.50. The predicted octanol–water partition coefficient (Wildman–Crippen LogP) is 6.08. The molecule has 0 saturated heterocycles. The van der Waals surface area contributed by atoms with Crippen molar-refractivity contribution in [3.05, 3.63) is 54.1 Å². The van der Waals surface area contributed by atoms with Crippen LogP contribution in [0.1, 0.15) is 46.5 Å². The number of benzene rings is 1. The normalized spacial score (nSPS) is 31.5. The zero-order valence-electron chi connectivity index (χ0n) is 15.5. The van der Waals surface area contributed by atoms with E-state index in [1.54, 1.807) is 5.57 Å². The van der Waals surface area contributed by atoms with Crippen molar-refractivity contribution in [1.82, 2.24) is 0 Å². The molecule has 0 radical (unpaired) electrons. The second-order valence-electron chi connectivity index (χ2n) is 7.78. The molecule has 0 heterocycles. The van der Waals surface area contributed by atoms with Gasteiger partial charge in [-0.15, -0.1) is 0 Å². The average molecular weight is 357 g/mol. The van der Waals surface area contributed by atoms with Gasteiger partial charge >= 0.3 is 5.24 Å². The summed E-state index contributed by atoms with van der Waals surface area (Å²) in [6.07, 6.45) is 6.92. The molecule has 0 amide bonds. The molecule has 4 atom stereocenters. The lowest BCUT2D eigenvalue weighted by atomic mass is 9.57. The van der Waals surface area contributed by atoms with Gasteiger partial charge in [0, 0.05) is 18.1 Å². The highest BCUT2D eigenvalue weighted by molar-refractivity contribution is 7.79. The van der Waals surface area contributed by atoms with Crippen LogP contribution in [0.3, 0.4) is 0 Å². The van der Waals surface area contributed by atoms with Crippen molar-refractivity contribution in [3.8, 4) is 5.75 Å². The first-order valence-electron chi connectivity index (χ1n) is 9.18. The molecule has 1 saturated carbocycles. The van der Waals surface area contributed by atoms with Crippen LogP contribution in [0, 0.1) is 17.3 Å². The van der Waals surface area contributed by atoms with Gasteiger partial charge in [-0.2, -0.15) is 0 Å². The second-order valence-corrected chi connectivity index (χ2v) is 8.11.